The molecule has 0 saturated carbocycles. The molecule has 1 heterocycles. The van der Waals surface area contributed by atoms with Crippen molar-refractivity contribution in [3.05, 3.63) is 35.4 Å². The molecule has 1 fully saturated rings. The Kier molecular flexibility index (Phi) is 5.24. The van der Waals surface area contributed by atoms with Crippen LogP contribution in [0.3, 0.4) is 0 Å². The van der Waals surface area contributed by atoms with Crippen LogP contribution in [-0.2, 0) is 6.54 Å². The predicted octanol–water partition coefficient (Wildman–Crippen LogP) is 1.51. The lowest BCUT2D eigenvalue weighted by atomic mass is 10.2. The summed E-state index contributed by atoms with van der Waals surface area (Å²) in [4.78, 5) is 2.23. The standard InChI is InChI=1S/C14H20F2N2O/c15-12-5-11(6-13(16)7-12)8-17-9-14(19)10-18-3-1-2-4-18/h5-7,14,17,19H,1-4,8-10H2. The number of halogens is 2. The Labute approximate surface area is 112 Å². The molecule has 1 aliphatic rings. The van der Waals surface area contributed by atoms with Crippen LogP contribution >= 0.6 is 0 Å². The molecule has 19 heavy (non-hydrogen) atoms. The number of benzene rings is 1. The summed E-state index contributed by atoms with van der Waals surface area (Å²) in [6, 6.07) is 3.44. The lowest BCUT2D eigenvalue weighted by Gasteiger charge is -2.19. The van der Waals surface area contributed by atoms with Crippen molar-refractivity contribution in [2.45, 2.75) is 25.5 Å². The van der Waals surface area contributed by atoms with Crippen molar-refractivity contribution in [2.24, 2.45) is 0 Å². The van der Waals surface area contributed by atoms with Gasteiger partial charge in [-0.3, -0.25) is 0 Å². The summed E-state index contributed by atoms with van der Waals surface area (Å²) in [5, 5.41) is 12.9. The normalized spacial score (nSPS) is 17.8. The van der Waals surface area contributed by atoms with Crippen LogP contribution in [0.2, 0.25) is 0 Å². The first-order valence-corrected chi connectivity index (χ1v) is 6.69. The van der Waals surface area contributed by atoms with Gasteiger partial charge >= 0.3 is 0 Å². The Balaban J connectivity index is 1.70. The molecule has 1 aliphatic heterocycles. The Bertz CT molecular complexity index is 388. The largest absolute Gasteiger partial charge is 0.390 e. The smallest absolute Gasteiger partial charge is 0.126 e. The second kappa shape index (κ2) is 6.93. The van der Waals surface area contributed by atoms with Crippen molar-refractivity contribution in [2.75, 3.05) is 26.2 Å². The maximum atomic E-state index is 13.0. The van der Waals surface area contributed by atoms with Crippen molar-refractivity contribution in [1.29, 1.82) is 0 Å². The fraction of sp³-hybridized carbons (Fsp3) is 0.571. The summed E-state index contributed by atoms with van der Waals surface area (Å²) >= 11 is 0. The van der Waals surface area contributed by atoms with Crippen LogP contribution in [0.25, 0.3) is 0 Å². The Morgan fingerprint density at radius 1 is 1.16 bits per heavy atom. The molecule has 0 spiro atoms. The quantitative estimate of drug-likeness (QED) is 0.822. The summed E-state index contributed by atoms with van der Waals surface area (Å²) in [6.07, 6.45) is 1.95. The molecule has 0 aromatic heterocycles. The van der Waals surface area contributed by atoms with E-state index in [9.17, 15) is 13.9 Å². The summed E-state index contributed by atoms with van der Waals surface area (Å²) in [5.74, 6) is -1.15. The maximum Gasteiger partial charge on any atom is 0.126 e. The van der Waals surface area contributed by atoms with E-state index in [0.29, 0.717) is 25.2 Å². The van der Waals surface area contributed by atoms with E-state index in [2.05, 4.69) is 10.2 Å². The molecule has 5 heteroatoms. The molecule has 3 nitrogen and oxygen atoms in total. The van der Waals surface area contributed by atoms with Gasteiger partial charge in [-0.05, 0) is 43.6 Å². The first-order chi connectivity index (χ1) is 9.13. The van der Waals surface area contributed by atoms with E-state index >= 15 is 0 Å². The number of hydrogen-bond acceptors (Lipinski definition) is 3. The minimum absolute atomic E-state index is 0.353. The molecule has 0 aliphatic carbocycles. The van der Waals surface area contributed by atoms with Crippen LogP contribution < -0.4 is 5.32 Å². The molecular weight excluding hydrogens is 250 g/mol. The lowest BCUT2D eigenvalue weighted by Crippen LogP contribution is -2.36. The third-order valence-electron chi connectivity index (χ3n) is 3.30. The first-order valence-electron chi connectivity index (χ1n) is 6.69. The molecule has 1 atom stereocenters. The van der Waals surface area contributed by atoms with E-state index in [1.165, 1.54) is 25.0 Å². The van der Waals surface area contributed by atoms with Crippen LogP contribution in [0.15, 0.2) is 18.2 Å². The van der Waals surface area contributed by atoms with Gasteiger partial charge in [0.1, 0.15) is 11.6 Å². The summed E-state index contributed by atoms with van der Waals surface area (Å²) < 4.78 is 25.9. The van der Waals surface area contributed by atoms with Crippen molar-refractivity contribution in [3.63, 3.8) is 0 Å². The zero-order chi connectivity index (χ0) is 13.7. The molecular formula is C14H20F2N2O. The van der Waals surface area contributed by atoms with Gasteiger partial charge < -0.3 is 15.3 Å². The molecule has 2 rings (SSSR count). The Morgan fingerprint density at radius 2 is 1.79 bits per heavy atom. The van der Waals surface area contributed by atoms with Crippen molar-refractivity contribution >= 4 is 0 Å². The average molecular weight is 270 g/mol. The van der Waals surface area contributed by atoms with Crippen LogP contribution in [0, 0.1) is 11.6 Å². The lowest BCUT2D eigenvalue weighted by molar-refractivity contribution is 0.123. The van der Waals surface area contributed by atoms with Gasteiger partial charge in [0.25, 0.3) is 0 Å². The molecule has 2 N–H and O–H groups in total. The van der Waals surface area contributed by atoms with Crippen LogP contribution in [-0.4, -0.2) is 42.3 Å². The topological polar surface area (TPSA) is 35.5 Å². The highest BCUT2D eigenvalue weighted by molar-refractivity contribution is 5.17. The van der Waals surface area contributed by atoms with Gasteiger partial charge in [-0.1, -0.05) is 0 Å². The molecule has 106 valence electrons. The Hall–Kier alpha value is -1.04. The number of likely N-dealkylation sites (tertiary alicyclic amines) is 1. The van der Waals surface area contributed by atoms with Gasteiger partial charge in [-0.25, -0.2) is 8.78 Å². The minimum atomic E-state index is -0.575. The number of aliphatic hydroxyl groups excluding tert-OH is 1. The van der Waals surface area contributed by atoms with Gasteiger partial charge in [0.05, 0.1) is 6.10 Å². The van der Waals surface area contributed by atoms with E-state index < -0.39 is 17.7 Å². The van der Waals surface area contributed by atoms with Gasteiger partial charge in [0.15, 0.2) is 0 Å². The molecule has 0 amide bonds. The third kappa shape index (κ3) is 4.86. The molecule has 0 bridgehead atoms. The Morgan fingerprint density at radius 3 is 2.42 bits per heavy atom. The minimum Gasteiger partial charge on any atom is -0.390 e. The van der Waals surface area contributed by atoms with E-state index in [4.69, 9.17) is 0 Å². The van der Waals surface area contributed by atoms with Crippen LogP contribution in [0.1, 0.15) is 18.4 Å². The van der Waals surface area contributed by atoms with Crippen molar-refractivity contribution in [1.82, 2.24) is 10.2 Å². The summed E-state index contributed by atoms with van der Waals surface area (Å²) in [6.45, 7) is 3.53. The van der Waals surface area contributed by atoms with E-state index in [-0.39, 0.29) is 0 Å². The van der Waals surface area contributed by atoms with Gasteiger partial charge in [-0.2, -0.15) is 0 Å². The number of β-amino-alcohol motifs (C(OH)–C–C–N with tert-alkyl or cyclic N) is 1. The zero-order valence-corrected chi connectivity index (χ0v) is 10.9. The highest BCUT2D eigenvalue weighted by Crippen LogP contribution is 2.09. The summed E-state index contributed by atoms with van der Waals surface area (Å²) in [7, 11) is 0. The number of hydrogen-bond donors (Lipinski definition) is 2. The van der Waals surface area contributed by atoms with Crippen molar-refractivity contribution < 1.29 is 13.9 Å². The van der Waals surface area contributed by atoms with Gasteiger partial charge in [-0.15, -0.1) is 0 Å². The monoisotopic (exact) mass is 270 g/mol. The molecule has 1 aromatic rings. The number of nitrogens with one attached hydrogen (secondary N) is 1. The molecule has 1 aromatic carbocycles. The number of aliphatic hydroxyl groups is 1. The predicted molar refractivity (Wildman–Crippen MR) is 69.7 cm³/mol. The SMILES string of the molecule is OC(CNCc1cc(F)cc(F)c1)CN1CCCC1. The molecule has 0 radical (unpaired) electrons. The molecule has 1 unspecified atom stereocenters. The van der Waals surface area contributed by atoms with Crippen LogP contribution in [0.4, 0.5) is 8.78 Å². The fourth-order valence-corrected chi connectivity index (χ4v) is 2.42. The summed E-state index contributed by atoms with van der Waals surface area (Å²) in [5.41, 5.74) is 0.547. The number of nitrogens with zero attached hydrogens (tertiary/aromatic N) is 1. The second-order valence-electron chi connectivity index (χ2n) is 5.07. The van der Waals surface area contributed by atoms with E-state index in [1.54, 1.807) is 0 Å². The highest BCUT2D eigenvalue weighted by Gasteiger charge is 2.15. The van der Waals surface area contributed by atoms with Crippen molar-refractivity contribution in [3.8, 4) is 0 Å². The first kappa shape index (κ1) is 14.4. The molecule has 1 saturated heterocycles. The van der Waals surface area contributed by atoms with E-state index in [1.807, 2.05) is 0 Å². The maximum absolute atomic E-state index is 13.0. The van der Waals surface area contributed by atoms with Gasteiger partial charge in [0.2, 0.25) is 0 Å². The second-order valence-corrected chi connectivity index (χ2v) is 5.07. The third-order valence-corrected chi connectivity index (χ3v) is 3.30. The number of rotatable bonds is 6. The highest BCUT2D eigenvalue weighted by atomic mass is 19.1. The average Bonchev–Trinajstić information content (AvgIpc) is 2.80. The van der Waals surface area contributed by atoms with E-state index in [0.717, 1.165) is 19.2 Å². The zero-order valence-electron chi connectivity index (χ0n) is 10.9. The van der Waals surface area contributed by atoms with Gasteiger partial charge in [0, 0.05) is 25.7 Å². The fourth-order valence-electron chi connectivity index (χ4n) is 2.42. The van der Waals surface area contributed by atoms with Crippen LogP contribution in [0.5, 0.6) is 0 Å².